The molecule has 0 spiro atoms. The molecule has 11 heteroatoms. The Balaban J connectivity index is 1.41. The molecule has 1 heterocycles. The molecule has 198 valence electrons. The number of nitrogens with zero attached hydrogens (tertiary/aromatic N) is 1. The number of carbonyl (C=O) groups is 3. The van der Waals surface area contributed by atoms with Gasteiger partial charge >= 0.3 is 0 Å². The summed E-state index contributed by atoms with van der Waals surface area (Å²) in [6.45, 7) is 0.392. The first-order chi connectivity index (χ1) is 17.6. The molecule has 37 heavy (non-hydrogen) atoms. The lowest BCUT2D eigenvalue weighted by molar-refractivity contribution is -0.140. The summed E-state index contributed by atoms with van der Waals surface area (Å²) in [4.78, 5) is 39.6. The van der Waals surface area contributed by atoms with E-state index in [1.165, 1.54) is 12.1 Å². The maximum Gasteiger partial charge on any atom is 0.243 e. The van der Waals surface area contributed by atoms with E-state index in [1.54, 1.807) is 29.2 Å². The second-order valence-electron chi connectivity index (χ2n) is 9.56. The van der Waals surface area contributed by atoms with Crippen LogP contribution < -0.4 is 21.5 Å². The van der Waals surface area contributed by atoms with Crippen molar-refractivity contribution in [1.29, 1.82) is 0 Å². The highest BCUT2D eigenvalue weighted by molar-refractivity contribution is 7.80. The van der Waals surface area contributed by atoms with Gasteiger partial charge in [-0.15, -0.1) is 0 Å². The first kappa shape index (κ1) is 26.9. The van der Waals surface area contributed by atoms with Gasteiger partial charge in [0.15, 0.2) is 0 Å². The number of amides is 3. The van der Waals surface area contributed by atoms with E-state index in [1.807, 2.05) is 0 Å². The average molecular weight is 533 g/mol. The number of hydrogen-bond acceptors (Lipinski definition) is 6. The fraction of sp³-hybridized carbons (Fsp3) is 0.423. The number of rotatable bonds is 10. The number of ether oxygens (including phenoxy) is 1. The van der Waals surface area contributed by atoms with Crippen LogP contribution in [0.15, 0.2) is 42.5 Å². The molecule has 1 saturated heterocycles. The number of likely N-dealkylation sites (tertiary alicyclic amines) is 1. The number of thiol groups is 1. The lowest BCUT2D eigenvalue weighted by Crippen LogP contribution is -2.54. The molecule has 2 aromatic rings. The minimum Gasteiger partial charge on any atom is -0.489 e. The van der Waals surface area contributed by atoms with Crippen molar-refractivity contribution in [3.63, 3.8) is 0 Å². The molecule has 8 nitrogen and oxygen atoms in total. The van der Waals surface area contributed by atoms with Crippen molar-refractivity contribution in [2.45, 2.75) is 61.6 Å². The van der Waals surface area contributed by atoms with Gasteiger partial charge in [0, 0.05) is 24.6 Å². The minimum absolute atomic E-state index is 0.0627. The van der Waals surface area contributed by atoms with Crippen LogP contribution in [-0.2, 0) is 26.4 Å². The molecule has 4 rings (SSSR count). The molecule has 3 amide bonds. The summed E-state index contributed by atoms with van der Waals surface area (Å²) in [5, 5.41) is 1.95. The Morgan fingerprint density at radius 1 is 1.16 bits per heavy atom. The lowest BCUT2D eigenvalue weighted by Gasteiger charge is -2.30. The first-order valence-corrected chi connectivity index (χ1v) is 12.6. The third kappa shape index (κ3) is 6.04. The number of primary amides is 1. The van der Waals surface area contributed by atoms with E-state index in [2.05, 4.69) is 17.9 Å². The van der Waals surface area contributed by atoms with E-state index in [0.29, 0.717) is 38.0 Å². The van der Waals surface area contributed by atoms with Gasteiger partial charge in [0.1, 0.15) is 30.0 Å². The van der Waals surface area contributed by atoms with E-state index in [0.717, 1.165) is 11.6 Å². The summed E-state index contributed by atoms with van der Waals surface area (Å²) >= 11 is 4.14. The molecule has 2 aliphatic rings. The van der Waals surface area contributed by atoms with Crippen molar-refractivity contribution >= 4 is 30.4 Å². The summed E-state index contributed by atoms with van der Waals surface area (Å²) < 4.78 is 32.6. The van der Waals surface area contributed by atoms with Gasteiger partial charge < -0.3 is 26.4 Å². The van der Waals surface area contributed by atoms with Crippen molar-refractivity contribution in [2.24, 2.45) is 11.5 Å². The van der Waals surface area contributed by atoms with Crippen LogP contribution in [0.1, 0.15) is 43.2 Å². The second kappa shape index (κ2) is 11.1. The van der Waals surface area contributed by atoms with Gasteiger partial charge in [-0.1, -0.05) is 12.1 Å². The number of nitrogens with two attached hydrogens (primary N) is 2. The summed E-state index contributed by atoms with van der Waals surface area (Å²) in [5.41, 5.74) is 11.4. The number of carbonyl (C=O) groups excluding carboxylic acids is 3. The molecular formula is C26H30F2N4O4S. The molecule has 1 saturated carbocycles. The highest BCUT2D eigenvalue weighted by Gasteiger charge is 2.55. The van der Waals surface area contributed by atoms with Crippen LogP contribution >= 0.6 is 12.6 Å². The van der Waals surface area contributed by atoms with Crippen molar-refractivity contribution in [3.8, 4) is 5.75 Å². The monoisotopic (exact) mass is 532 g/mol. The zero-order valence-corrected chi connectivity index (χ0v) is 21.1. The van der Waals surface area contributed by atoms with Gasteiger partial charge in [-0.25, -0.2) is 8.78 Å². The summed E-state index contributed by atoms with van der Waals surface area (Å²) in [5.74, 6) is -1.96. The Kier molecular flexibility index (Phi) is 8.03. The second-order valence-corrected chi connectivity index (χ2v) is 10.2. The maximum atomic E-state index is 13.9. The largest absolute Gasteiger partial charge is 0.489 e. The van der Waals surface area contributed by atoms with Crippen LogP contribution in [0.5, 0.6) is 5.75 Å². The number of halogens is 2. The molecule has 2 aromatic carbocycles. The molecule has 1 aliphatic heterocycles. The van der Waals surface area contributed by atoms with E-state index in [4.69, 9.17) is 16.2 Å². The molecule has 0 aromatic heterocycles. The molecule has 0 radical (unpaired) electrons. The molecular weight excluding hydrogens is 502 g/mol. The number of hydrogen-bond donors (Lipinski definition) is 4. The summed E-state index contributed by atoms with van der Waals surface area (Å²) in [7, 11) is 0. The standard InChI is InChI=1S/C26H30F2N4O4S/c27-17-6-3-15(19(28)12-17)14-36-18-7-4-16(5-8-18)26(9-10-26)25(35)32-11-1-2-21(32)24(34)31-20(23(30)37)13-22(29)33/h3-8,12,20-21,23,37H,1-2,9-11,13-14,30H2,(H2,29,33)(H,31,34)/t20-,21-,23?/m0/s1. The van der Waals surface area contributed by atoms with Crippen molar-refractivity contribution in [1.82, 2.24) is 10.2 Å². The minimum atomic E-state index is -0.780. The molecule has 1 unspecified atom stereocenters. The van der Waals surface area contributed by atoms with E-state index < -0.39 is 40.4 Å². The Bertz CT molecular complexity index is 1170. The van der Waals surface area contributed by atoms with Gasteiger partial charge in [-0.05, 0) is 55.5 Å². The van der Waals surface area contributed by atoms with E-state index in [9.17, 15) is 23.2 Å². The SMILES string of the molecule is NC(=O)C[C@H](NC(=O)[C@@H]1CCCN1C(=O)C1(c2ccc(OCc3ccc(F)cc3F)cc2)CC1)C(N)S. The fourth-order valence-electron chi connectivity index (χ4n) is 4.73. The Hall–Kier alpha value is -3.18. The van der Waals surface area contributed by atoms with Crippen LogP contribution in [0.2, 0.25) is 0 Å². The fourth-order valence-corrected chi connectivity index (χ4v) is 4.91. The number of benzene rings is 2. The summed E-state index contributed by atoms with van der Waals surface area (Å²) in [6.07, 6.45) is 2.35. The van der Waals surface area contributed by atoms with E-state index >= 15 is 0 Å². The highest BCUT2D eigenvalue weighted by Crippen LogP contribution is 2.50. The van der Waals surface area contributed by atoms with Crippen molar-refractivity contribution in [3.05, 3.63) is 65.2 Å². The normalized spacial score (nSPS) is 19.7. The molecule has 0 bridgehead atoms. The molecule has 1 aliphatic carbocycles. The first-order valence-electron chi connectivity index (χ1n) is 12.1. The number of nitrogens with one attached hydrogen (secondary N) is 1. The topological polar surface area (TPSA) is 128 Å². The Morgan fingerprint density at radius 2 is 1.86 bits per heavy atom. The highest BCUT2D eigenvalue weighted by atomic mass is 32.1. The average Bonchev–Trinajstić information content (AvgIpc) is 3.51. The van der Waals surface area contributed by atoms with Gasteiger partial charge in [0.05, 0.1) is 16.8 Å². The van der Waals surface area contributed by atoms with Crippen LogP contribution in [0.4, 0.5) is 8.78 Å². The van der Waals surface area contributed by atoms with Crippen molar-refractivity contribution < 1.29 is 27.9 Å². The maximum absolute atomic E-state index is 13.9. The van der Waals surface area contributed by atoms with Gasteiger partial charge in [-0.2, -0.15) is 12.6 Å². The zero-order valence-electron chi connectivity index (χ0n) is 20.2. The van der Waals surface area contributed by atoms with Crippen LogP contribution in [0, 0.1) is 11.6 Å². The summed E-state index contributed by atoms with van der Waals surface area (Å²) in [6, 6.07) is 8.92. The van der Waals surface area contributed by atoms with Crippen LogP contribution in [0.3, 0.4) is 0 Å². The Labute approximate surface area is 219 Å². The van der Waals surface area contributed by atoms with Gasteiger partial charge in [-0.3, -0.25) is 14.4 Å². The predicted molar refractivity (Wildman–Crippen MR) is 135 cm³/mol. The lowest BCUT2D eigenvalue weighted by atomic mass is 9.93. The van der Waals surface area contributed by atoms with E-state index in [-0.39, 0.29) is 30.4 Å². The molecule has 2 fully saturated rings. The molecule has 5 N–H and O–H groups in total. The van der Waals surface area contributed by atoms with Crippen LogP contribution in [0.25, 0.3) is 0 Å². The molecule has 3 atom stereocenters. The zero-order chi connectivity index (χ0) is 26.7. The predicted octanol–water partition coefficient (Wildman–Crippen LogP) is 2.14. The third-order valence-electron chi connectivity index (χ3n) is 6.95. The quantitative estimate of drug-likeness (QED) is 0.275. The van der Waals surface area contributed by atoms with Gasteiger partial charge in [0.25, 0.3) is 0 Å². The van der Waals surface area contributed by atoms with Crippen molar-refractivity contribution in [2.75, 3.05) is 6.54 Å². The Morgan fingerprint density at radius 3 is 2.46 bits per heavy atom. The smallest absolute Gasteiger partial charge is 0.243 e. The van der Waals surface area contributed by atoms with Gasteiger partial charge in [0.2, 0.25) is 17.7 Å². The van der Waals surface area contributed by atoms with Crippen LogP contribution in [-0.4, -0.2) is 46.6 Å². The third-order valence-corrected chi connectivity index (χ3v) is 7.31.